The molecule has 86 valence electrons. The lowest BCUT2D eigenvalue weighted by atomic mass is 9.85. The van der Waals surface area contributed by atoms with Gasteiger partial charge in [0.05, 0.1) is 12.0 Å². The van der Waals surface area contributed by atoms with Gasteiger partial charge in [0.1, 0.15) is 0 Å². The van der Waals surface area contributed by atoms with Gasteiger partial charge in [-0.2, -0.15) is 5.26 Å². The van der Waals surface area contributed by atoms with E-state index in [1.165, 1.54) is 19.3 Å². The Hall–Kier alpha value is -0.590. The number of rotatable bonds is 5. The third-order valence-corrected chi connectivity index (χ3v) is 3.37. The first-order valence-electron chi connectivity index (χ1n) is 6.09. The van der Waals surface area contributed by atoms with Gasteiger partial charge >= 0.3 is 0 Å². The molecule has 1 fully saturated rings. The fourth-order valence-corrected chi connectivity index (χ4v) is 2.13. The van der Waals surface area contributed by atoms with Crippen molar-refractivity contribution in [3.05, 3.63) is 0 Å². The van der Waals surface area contributed by atoms with Crippen LogP contribution >= 0.6 is 0 Å². The molecule has 1 aliphatic rings. The Morgan fingerprint density at radius 1 is 1.40 bits per heavy atom. The molecule has 0 heterocycles. The number of likely N-dealkylation sites (N-methyl/N-ethyl adjacent to an activating group) is 1. The van der Waals surface area contributed by atoms with Gasteiger partial charge in [-0.25, -0.2) is 0 Å². The van der Waals surface area contributed by atoms with Crippen molar-refractivity contribution in [1.29, 1.82) is 5.26 Å². The Labute approximate surface area is 93.5 Å². The Morgan fingerprint density at radius 2 is 2.13 bits per heavy atom. The predicted molar refractivity (Wildman–Crippen MR) is 62.5 cm³/mol. The fraction of sp³-hybridized carbons (Fsp3) is 0.917. The van der Waals surface area contributed by atoms with Crippen molar-refractivity contribution in [3.8, 4) is 6.07 Å². The molecule has 1 rings (SSSR count). The first-order valence-corrected chi connectivity index (χ1v) is 6.09. The molecule has 3 nitrogen and oxygen atoms in total. The monoisotopic (exact) mass is 209 g/mol. The smallest absolute Gasteiger partial charge is 0.0672 e. The lowest BCUT2D eigenvalue weighted by Crippen LogP contribution is -2.41. The summed E-state index contributed by atoms with van der Waals surface area (Å²) in [5.41, 5.74) is 0. The van der Waals surface area contributed by atoms with E-state index in [-0.39, 0.29) is 5.92 Å². The second-order valence-electron chi connectivity index (χ2n) is 4.48. The second kappa shape index (κ2) is 6.81. The van der Waals surface area contributed by atoms with E-state index >= 15 is 0 Å². The van der Waals surface area contributed by atoms with Gasteiger partial charge in [-0.3, -0.25) is 0 Å². The molecule has 3 heteroatoms. The number of nitrogens with one attached hydrogen (secondary N) is 1. The van der Waals surface area contributed by atoms with Crippen molar-refractivity contribution in [3.63, 3.8) is 0 Å². The quantitative estimate of drug-likeness (QED) is 0.747. The summed E-state index contributed by atoms with van der Waals surface area (Å²) in [6, 6.07) is 2.87. The Kier molecular flexibility index (Phi) is 5.67. The largest absolute Gasteiger partial charge is 0.311 e. The summed E-state index contributed by atoms with van der Waals surface area (Å²) in [5, 5.41) is 12.5. The van der Waals surface area contributed by atoms with Gasteiger partial charge in [-0.05, 0) is 26.4 Å². The first-order chi connectivity index (χ1) is 7.27. The maximum Gasteiger partial charge on any atom is 0.0672 e. The van der Waals surface area contributed by atoms with Gasteiger partial charge in [0, 0.05) is 19.1 Å². The molecule has 1 saturated carbocycles. The van der Waals surface area contributed by atoms with Gasteiger partial charge < -0.3 is 10.2 Å². The highest BCUT2D eigenvalue weighted by atomic mass is 15.1. The molecule has 0 bridgehead atoms. The van der Waals surface area contributed by atoms with Gasteiger partial charge in [-0.1, -0.05) is 19.8 Å². The molecular weight excluding hydrogens is 186 g/mol. The zero-order valence-electron chi connectivity index (χ0n) is 10.00. The molecule has 2 atom stereocenters. The van der Waals surface area contributed by atoms with Gasteiger partial charge in [-0.15, -0.1) is 0 Å². The van der Waals surface area contributed by atoms with Crippen LogP contribution in [0.4, 0.5) is 0 Å². The van der Waals surface area contributed by atoms with Crippen LogP contribution in [0, 0.1) is 17.2 Å². The molecule has 0 aromatic rings. The minimum Gasteiger partial charge on any atom is -0.311 e. The number of nitrogens with zero attached hydrogens (tertiary/aromatic N) is 2. The van der Waals surface area contributed by atoms with Gasteiger partial charge in [0.15, 0.2) is 0 Å². The topological polar surface area (TPSA) is 39.1 Å². The van der Waals surface area contributed by atoms with Crippen LogP contribution in [0.5, 0.6) is 0 Å². The zero-order chi connectivity index (χ0) is 11.1. The molecule has 0 spiro atoms. The highest BCUT2D eigenvalue weighted by Gasteiger charge is 2.23. The van der Waals surface area contributed by atoms with Crippen LogP contribution in [-0.4, -0.2) is 37.6 Å². The van der Waals surface area contributed by atoms with Crippen molar-refractivity contribution >= 4 is 0 Å². The highest BCUT2D eigenvalue weighted by molar-refractivity contribution is 4.94. The lowest BCUT2D eigenvalue weighted by Gasteiger charge is -2.28. The van der Waals surface area contributed by atoms with Crippen molar-refractivity contribution in [1.82, 2.24) is 10.2 Å². The first kappa shape index (κ1) is 12.5. The van der Waals surface area contributed by atoms with Crippen LogP contribution in [0.3, 0.4) is 0 Å². The van der Waals surface area contributed by atoms with E-state index in [2.05, 4.69) is 30.3 Å². The van der Waals surface area contributed by atoms with E-state index in [1.807, 2.05) is 0 Å². The maximum atomic E-state index is 9.02. The Morgan fingerprint density at radius 3 is 2.80 bits per heavy atom. The van der Waals surface area contributed by atoms with E-state index in [9.17, 15) is 0 Å². The molecule has 0 aromatic heterocycles. The van der Waals surface area contributed by atoms with Crippen molar-refractivity contribution < 1.29 is 0 Å². The van der Waals surface area contributed by atoms with Crippen LogP contribution in [0.25, 0.3) is 0 Å². The van der Waals surface area contributed by atoms with Crippen molar-refractivity contribution in [2.24, 2.45) is 5.92 Å². The van der Waals surface area contributed by atoms with Gasteiger partial charge in [0.2, 0.25) is 0 Å². The summed E-state index contributed by atoms with van der Waals surface area (Å²) < 4.78 is 0. The molecule has 1 N–H and O–H groups in total. The van der Waals surface area contributed by atoms with E-state index in [1.54, 1.807) is 0 Å². The Balaban J connectivity index is 2.21. The van der Waals surface area contributed by atoms with Crippen LogP contribution in [0.15, 0.2) is 0 Å². The number of nitriles is 1. The zero-order valence-corrected chi connectivity index (χ0v) is 10.00. The SMILES string of the molecule is CCN(C)CCNC1CCCCC1C#N. The fourth-order valence-electron chi connectivity index (χ4n) is 2.13. The molecule has 0 aromatic carbocycles. The van der Waals surface area contributed by atoms with Crippen molar-refractivity contribution in [2.75, 3.05) is 26.7 Å². The summed E-state index contributed by atoms with van der Waals surface area (Å²) >= 11 is 0. The lowest BCUT2D eigenvalue weighted by molar-refractivity contribution is 0.286. The van der Waals surface area contributed by atoms with E-state index in [0.717, 1.165) is 26.1 Å². The van der Waals surface area contributed by atoms with Crippen LogP contribution in [-0.2, 0) is 0 Å². The summed E-state index contributed by atoms with van der Waals surface area (Å²) in [6.45, 7) is 5.34. The van der Waals surface area contributed by atoms with Crippen LogP contribution in [0.2, 0.25) is 0 Å². The minimum atomic E-state index is 0.241. The standard InChI is InChI=1S/C12H23N3/c1-3-15(2)9-8-14-12-7-5-4-6-11(12)10-13/h11-12,14H,3-9H2,1-2H3. The average molecular weight is 209 g/mol. The Bertz CT molecular complexity index is 209. The number of hydrogen-bond acceptors (Lipinski definition) is 3. The third-order valence-electron chi connectivity index (χ3n) is 3.37. The molecule has 0 saturated heterocycles. The molecular formula is C12H23N3. The van der Waals surface area contributed by atoms with Crippen LogP contribution in [0.1, 0.15) is 32.6 Å². The summed E-state index contributed by atoms with van der Waals surface area (Å²) in [4.78, 5) is 2.29. The molecule has 0 radical (unpaired) electrons. The highest BCUT2D eigenvalue weighted by Crippen LogP contribution is 2.23. The van der Waals surface area contributed by atoms with Crippen LogP contribution < -0.4 is 5.32 Å². The minimum absolute atomic E-state index is 0.241. The summed E-state index contributed by atoms with van der Waals surface area (Å²) in [5.74, 6) is 0.241. The molecule has 0 aliphatic heterocycles. The van der Waals surface area contributed by atoms with E-state index in [0.29, 0.717) is 6.04 Å². The summed E-state index contributed by atoms with van der Waals surface area (Å²) in [6.07, 6.45) is 4.76. The molecule has 0 amide bonds. The van der Waals surface area contributed by atoms with E-state index in [4.69, 9.17) is 5.26 Å². The summed E-state index contributed by atoms with van der Waals surface area (Å²) in [7, 11) is 2.13. The predicted octanol–water partition coefficient (Wildman–Crippen LogP) is 1.61. The number of hydrogen-bond donors (Lipinski definition) is 1. The molecule has 1 aliphatic carbocycles. The maximum absolute atomic E-state index is 9.02. The van der Waals surface area contributed by atoms with E-state index < -0.39 is 0 Å². The molecule has 15 heavy (non-hydrogen) atoms. The third kappa shape index (κ3) is 4.19. The van der Waals surface area contributed by atoms with Crippen molar-refractivity contribution in [2.45, 2.75) is 38.6 Å². The average Bonchev–Trinajstić information content (AvgIpc) is 2.29. The normalized spacial score (nSPS) is 26.5. The second-order valence-corrected chi connectivity index (χ2v) is 4.48. The molecule has 2 unspecified atom stereocenters. The van der Waals surface area contributed by atoms with Gasteiger partial charge in [0.25, 0.3) is 0 Å².